The second-order valence-electron chi connectivity index (χ2n) is 10.9. The number of nitrogens with one attached hydrogen (secondary N) is 3. The van der Waals surface area contributed by atoms with E-state index in [2.05, 4.69) is 24.9 Å². The maximum atomic E-state index is 12.6. The van der Waals surface area contributed by atoms with E-state index in [1.54, 1.807) is 45.0 Å². The van der Waals surface area contributed by atoms with Crippen LogP contribution in [0.4, 0.5) is 4.79 Å². The monoisotopic (exact) mass is 630 g/mol. The second-order valence-corrected chi connectivity index (χ2v) is 12.4. The van der Waals surface area contributed by atoms with Gasteiger partial charge in [-0.2, -0.15) is 18.1 Å². The normalized spacial score (nSPS) is 16.0. The van der Waals surface area contributed by atoms with Gasteiger partial charge in [0.1, 0.15) is 23.6 Å². The number of rotatable bonds is 13. The molecule has 0 spiro atoms. The summed E-state index contributed by atoms with van der Waals surface area (Å²) in [6.07, 6.45) is -0.674. The fraction of sp³-hybridized carbons (Fsp3) is 0.414. The van der Waals surface area contributed by atoms with Gasteiger partial charge in [-0.3, -0.25) is 9.59 Å². The van der Waals surface area contributed by atoms with Crippen molar-refractivity contribution in [2.24, 2.45) is 15.9 Å². The van der Waals surface area contributed by atoms with Crippen LogP contribution in [-0.4, -0.2) is 75.9 Å². The summed E-state index contributed by atoms with van der Waals surface area (Å²) in [5.41, 5.74) is 8.01. The molecule has 5 N–H and O–H groups in total. The number of nitrogens with two attached hydrogens (primary N) is 1. The Morgan fingerprint density at radius 1 is 1.11 bits per heavy atom. The molecule has 0 fully saturated rings. The van der Waals surface area contributed by atoms with Gasteiger partial charge in [0.2, 0.25) is 5.91 Å². The number of esters is 1. The minimum atomic E-state index is -4.07. The molecule has 1 unspecified atom stereocenters. The third kappa shape index (κ3) is 11.4. The number of carbonyl (C=O) groups is 3. The molecule has 1 heterocycles. The molecule has 2 atom stereocenters. The van der Waals surface area contributed by atoms with Crippen LogP contribution in [-0.2, 0) is 40.5 Å². The quantitative estimate of drug-likeness (QED) is 0.144. The smallest absolute Gasteiger partial charge is 0.436 e. The topological polar surface area (TPSA) is 200 Å². The van der Waals surface area contributed by atoms with Crippen molar-refractivity contribution in [2.75, 3.05) is 20.2 Å². The fourth-order valence-corrected chi connectivity index (χ4v) is 5.01. The van der Waals surface area contributed by atoms with Crippen LogP contribution in [0.15, 0.2) is 64.7 Å². The van der Waals surface area contributed by atoms with Crippen molar-refractivity contribution in [3.8, 4) is 0 Å². The molecular formula is C29H38N6O8S. The first-order valence-electron chi connectivity index (χ1n) is 13.8. The summed E-state index contributed by atoms with van der Waals surface area (Å²) >= 11 is 0. The van der Waals surface area contributed by atoms with Gasteiger partial charge in [0.25, 0.3) is 10.2 Å². The number of benzene rings is 2. The molecular weight excluding hydrogens is 592 g/mol. The van der Waals surface area contributed by atoms with Gasteiger partial charge in [-0.25, -0.2) is 9.52 Å². The van der Waals surface area contributed by atoms with Crippen molar-refractivity contribution in [3.63, 3.8) is 0 Å². The molecule has 0 saturated heterocycles. The number of carbonyl (C=O) groups excluding carboxylic acids is 3. The number of ether oxygens (including phenoxy) is 2. The number of aliphatic imine (C=N–C) groups is 1. The maximum absolute atomic E-state index is 12.6. The molecule has 2 aromatic rings. The lowest BCUT2D eigenvalue weighted by Gasteiger charge is -2.18. The SMILES string of the molecule is COC(=O)[C@H](CNC(=O)CC1CC(c2ccc(/C(N)=N\C(=O)OC(C)(C)C)cc2)=NO1)NS(=O)(=O)NCCc1ccccc1. The van der Waals surface area contributed by atoms with E-state index in [1.165, 1.54) is 0 Å². The lowest BCUT2D eigenvalue weighted by atomic mass is 10.0. The summed E-state index contributed by atoms with van der Waals surface area (Å²) < 4.78 is 39.4. The van der Waals surface area contributed by atoms with Gasteiger partial charge < -0.3 is 25.4 Å². The molecule has 0 bridgehead atoms. The van der Waals surface area contributed by atoms with Crippen molar-refractivity contribution >= 4 is 39.7 Å². The standard InChI is InChI=1S/C29H38N6O8S/c1-29(2,3)42-28(38)33-26(30)21-12-10-20(11-13-21)23-16-22(43-34-23)17-25(36)31-18-24(27(37)41-4)35-44(39,40)32-15-14-19-8-6-5-7-9-19/h5-13,22,24,32,35H,14-18H2,1-4H3,(H,31,36)(H2,30,33,38)/t22?,24-/m0/s1. The van der Waals surface area contributed by atoms with Crippen molar-refractivity contribution in [2.45, 2.75) is 57.8 Å². The molecule has 0 aromatic heterocycles. The Hall–Kier alpha value is -4.34. The largest absolute Gasteiger partial charge is 0.468 e. The van der Waals surface area contributed by atoms with E-state index in [1.807, 2.05) is 30.3 Å². The molecule has 15 heteroatoms. The Labute approximate surface area is 256 Å². The number of amides is 2. The number of hydrogen-bond acceptors (Lipinski definition) is 9. The highest BCUT2D eigenvalue weighted by atomic mass is 32.2. The second kappa shape index (κ2) is 15.4. The molecule has 2 amide bonds. The van der Waals surface area contributed by atoms with E-state index < -0.39 is 45.9 Å². The lowest BCUT2D eigenvalue weighted by molar-refractivity contribution is -0.142. The van der Waals surface area contributed by atoms with Crippen molar-refractivity contribution in [1.29, 1.82) is 0 Å². The van der Waals surface area contributed by atoms with Crippen LogP contribution in [0.5, 0.6) is 0 Å². The van der Waals surface area contributed by atoms with Gasteiger partial charge in [0.15, 0.2) is 0 Å². The third-order valence-electron chi connectivity index (χ3n) is 6.10. The maximum Gasteiger partial charge on any atom is 0.436 e. The van der Waals surface area contributed by atoms with E-state index in [0.29, 0.717) is 24.1 Å². The Morgan fingerprint density at radius 2 is 1.80 bits per heavy atom. The van der Waals surface area contributed by atoms with Gasteiger partial charge >= 0.3 is 12.1 Å². The highest BCUT2D eigenvalue weighted by molar-refractivity contribution is 7.87. The molecule has 0 radical (unpaired) electrons. The van der Waals surface area contributed by atoms with Crippen LogP contribution in [0.25, 0.3) is 0 Å². The minimum Gasteiger partial charge on any atom is -0.468 e. The summed E-state index contributed by atoms with van der Waals surface area (Å²) in [5.74, 6) is -1.33. The predicted octanol–water partition coefficient (Wildman–Crippen LogP) is 1.53. The summed E-state index contributed by atoms with van der Waals surface area (Å²) in [4.78, 5) is 45.9. The summed E-state index contributed by atoms with van der Waals surface area (Å²) in [6, 6.07) is 14.8. The van der Waals surface area contributed by atoms with Crippen LogP contribution in [0.1, 0.15) is 50.3 Å². The van der Waals surface area contributed by atoms with Crippen molar-refractivity contribution < 1.29 is 37.1 Å². The van der Waals surface area contributed by atoms with Gasteiger partial charge in [0, 0.05) is 25.1 Å². The summed E-state index contributed by atoms with van der Waals surface area (Å²) in [5, 5.41) is 6.61. The van der Waals surface area contributed by atoms with Crippen LogP contribution >= 0.6 is 0 Å². The summed E-state index contributed by atoms with van der Waals surface area (Å²) in [7, 11) is -2.95. The van der Waals surface area contributed by atoms with Crippen LogP contribution < -0.4 is 20.5 Å². The number of hydrogen-bond donors (Lipinski definition) is 4. The zero-order valence-electron chi connectivity index (χ0n) is 25.0. The first kappa shape index (κ1) is 34.2. The molecule has 3 rings (SSSR count). The zero-order chi connectivity index (χ0) is 32.3. The highest BCUT2D eigenvalue weighted by Crippen LogP contribution is 2.19. The van der Waals surface area contributed by atoms with Crippen LogP contribution in [0.2, 0.25) is 0 Å². The highest BCUT2D eigenvalue weighted by Gasteiger charge is 2.28. The third-order valence-corrected chi connectivity index (χ3v) is 7.28. The predicted molar refractivity (Wildman–Crippen MR) is 163 cm³/mol. The van der Waals surface area contributed by atoms with E-state index in [9.17, 15) is 22.8 Å². The molecule has 238 valence electrons. The Kier molecular flexibility index (Phi) is 12.0. The van der Waals surface area contributed by atoms with Crippen molar-refractivity contribution in [3.05, 3.63) is 71.3 Å². The molecule has 0 saturated carbocycles. The van der Waals surface area contributed by atoms with E-state index in [4.69, 9.17) is 20.0 Å². The van der Waals surface area contributed by atoms with Gasteiger partial charge in [-0.1, -0.05) is 59.8 Å². The first-order valence-corrected chi connectivity index (χ1v) is 15.3. The van der Waals surface area contributed by atoms with E-state index >= 15 is 0 Å². The Balaban J connectivity index is 1.47. The van der Waals surface area contributed by atoms with Crippen LogP contribution in [0, 0.1) is 0 Å². The van der Waals surface area contributed by atoms with E-state index in [0.717, 1.165) is 18.2 Å². The molecule has 44 heavy (non-hydrogen) atoms. The molecule has 0 aliphatic carbocycles. The zero-order valence-corrected chi connectivity index (χ0v) is 25.8. The number of nitrogens with zero attached hydrogens (tertiary/aromatic N) is 2. The minimum absolute atomic E-state index is 0.000438. The average molecular weight is 631 g/mol. The van der Waals surface area contributed by atoms with Crippen LogP contribution in [0.3, 0.4) is 0 Å². The Bertz CT molecular complexity index is 1470. The van der Waals surface area contributed by atoms with Crippen molar-refractivity contribution in [1.82, 2.24) is 14.8 Å². The summed E-state index contributed by atoms with van der Waals surface area (Å²) in [6.45, 7) is 4.95. The average Bonchev–Trinajstić information content (AvgIpc) is 3.42. The first-order chi connectivity index (χ1) is 20.7. The van der Waals surface area contributed by atoms with Gasteiger partial charge in [0.05, 0.1) is 19.2 Å². The van der Waals surface area contributed by atoms with Gasteiger partial charge in [-0.15, -0.1) is 0 Å². The number of oxime groups is 1. The van der Waals surface area contributed by atoms with Gasteiger partial charge in [-0.05, 0) is 38.3 Å². The Morgan fingerprint density at radius 3 is 2.43 bits per heavy atom. The lowest BCUT2D eigenvalue weighted by Crippen LogP contribution is -2.52. The molecule has 14 nitrogen and oxygen atoms in total. The molecule has 2 aromatic carbocycles. The fourth-order valence-electron chi connectivity index (χ4n) is 4.00. The van der Waals surface area contributed by atoms with E-state index in [-0.39, 0.29) is 25.3 Å². The number of amidine groups is 1. The molecule has 1 aliphatic heterocycles. The number of methoxy groups -OCH3 is 1. The molecule has 1 aliphatic rings.